The van der Waals surface area contributed by atoms with Crippen LogP contribution in [-0.2, 0) is 10.5 Å². The highest BCUT2D eigenvalue weighted by Crippen LogP contribution is 2.39. The van der Waals surface area contributed by atoms with Crippen molar-refractivity contribution in [1.29, 1.82) is 5.26 Å². The molecule has 1 unspecified atom stereocenters. The van der Waals surface area contributed by atoms with Gasteiger partial charge in [-0.3, -0.25) is 4.79 Å². The highest BCUT2D eigenvalue weighted by molar-refractivity contribution is 8.38. The van der Waals surface area contributed by atoms with Gasteiger partial charge >= 0.3 is 0 Å². The van der Waals surface area contributed by atoms with Gasteiger partial charge in [-0.1, -0.05) is 41.7 Å². The largest absolute Gasteiger partial charge is 0.337 e. The molecule has 1 fully saturated rings. The molecule has 22 heavy (non-hydrogen) atoms. The number of carbonyl (C=O) groups is 1. The van der Waals surface area contributed by atoms with Gasteiger partial charge < -0.3 is 5.32 Å². The molecule has 0 bridgehead atoms. The van der Waals surface area contributed by atoms with Crippen molar-refractivity contribution < 1.29 is 4.79 Å². The van der Waals surface area contributed by atoms with Crippen LogP contribution >= 0.6 is 23.5 Å². The lowest BCUT2D eigenvalue weighted by Crippen LogP contribution is -2.47. The van der Waals surface area contributed by atoms with Crippen LogP contribution in [0.2, 0.25) is 0 Å². The molecular weight excluding hydrogens is 314 g/mol. The lowest BCUT2D eigenvalue weighted by molar-refractivity contribution is -0.119. The Morgan fingerprint density at radius 2 is 2.32 bits per heavy atom. The monoisotopic (exact) mass is 331 g/mol. The Morgan fingerprint density at radius 3 is 3.05 bits per heavy atom. The first-order chi connectivity index (χ1) is 10.6. The number of nitriles is 1. The van der Waals surface area contributed by atoms with Gasteiger partial charge in [-0.2, -0.15) is 5.26 Å². The molecule has 114 valence electrons. The molecule has 2 aliphatic rings. The van der Waals surface area contributed by atoms with Crippen LogP contribution < -0.4 is 5.32 Å². The van der Waals surface area contributed by atoms with E-state index in [1.165, 1.54) is 17.3 Å². The SMILES string of the molecule is CC(C#N)(NC(=O)CSC1=Nc2ccccc2CS1)C1CC1. The van der Waals surface area contributed by atoms with Crippen LogP contribution in [0.3, 0.4) is 0 Å². The first-order valence-electron chi connectivity index (χ1n) is 7.25. The fourth-order valence-electron chi connectivity index (χ4n) is 2.42. The molecule has 0 saturated heterocycles. The van der Waals surface area contributed by atoms with Crippen LogP contribution in [0.15, 0.2) is 29.3 Å². The summed E-state index contributed by atoms with van der Waals surface area (Å²) in [6, 6.07) is 10.3. The first-order valence-corrected chi connectivity index (χ1v) is 9.22. The Bertz CT molecular complexity index is 664. The quantitative estimate of drug-likeness (QED) is 0.917. The maximum Gasteiger partial charge on any atom is 0.231 e. The minimum absolute atomic E-state index is 0.0943. The highest BCUT2D eigenvalue weighted by Gasteiger charge is 2.42. The summed E-state index contributed by atoms with van der Waals surface area (Å²) in [5.74, 6) is 1.41. The zero-order chi connectivity index (χ0) is 15.6. The lowest BCUT2D eigenvalue weighted by Gasteiger charge is -2.23. The van der Waals surface area contributed by atoms with Crippen molar-refractivity contribution in [3.8, 4) is 6.07 Å². The number of benzene rings is 1. The Labute approximate surface area is 138 Å². The minimum atomic E-state index is -0.717. The molecule has 4 nitrogen and oxygen atoms in total. The van der Waals surface area contributed by atoms with E-state index >= 15 is 0 Å². The molecule has 0 radical (unpaired) electrons. The van der Waals surface area contributed by atoms with Crippen LogP contribution in [0.4, 0.5) is 5.69 Å². The topological polar surface area (TPSA) is 65.2 Å². The van der Waals surface area contributed by atoms with Gasteiger partial charge in [0.2, 0.25) is 5.91 Å². The van der Waals surface area contributed by atoms with E-state index in [1.807, 2.05) is 25.1 Å². The van der Waals surface area contributed by atoms with Crippen LogP contribution in [-0.4, -0.2) is 21.6 Å². The molecule has 0 spiro atoms. The summed E-state index contributed by atoms with van der Waals surface area (Å²) < 4.78 is 0.916. The van der Waals surface area contributed by atoms with Gasteiger partial charge in [-0.15, -0.1) is 0 Å². The molecule has 1 N–H and O–H groups in total. The average Bonchev–Trinajstić information content (AvgIpc) is 3.38. The van der Waals surface area contributed by atoms with Crippen molar-refractivity contribution in [3.63, 3.8) is 0 Å². The van der Waals surface area contributed by atoms with Gasteiger partial charge in [0.25, 0.3) is 0 Å². The number of amides is 1. The van der Waals surface area contributed by atoms with Gasteiger partial charge in [0.15, 0.2) is 0 Å². The molecular formula is C16H17N3OS2. The van der Waals surface area contributed by atoms with E-state index in [9.17, 15) is 10.1 Å². The summed E-state index contributed by atoms with van der Waals surface area (Å²) in [5, 5.41) is 12.2. The van der Waals surface area contributed by atoms with Gasteiger partial charge in [-0.05, 0) is 37.3 Å². The predicted molar refractivity (Wildman–Crippen MR) is 92.2 cm³/mol. The van der Waals surface area contributed by atoms with Crippen LogP contribution in [0.5, 0.6) is 0 Å². The molecule has 1 aromatic rings. The summed E-state index contributed by atoms with van der Waals surface area (Å²) in [6.07, 6.45) is 2.05. The zero-order valence-corrected chi connectivity index (χ0v) is 14.0. The molecule has 1 aliphatic heterocycles. The summed E-state index contributed by atoms with van der Waals surface area (Å²) in [5.41, 5.74) is 1.50. The van der Waals surface area contributed by atoms with Gasteiger partial charge in [-0.25, -0.2) is 4.99 Å². The summed E-state index contributed by atoms with van der Waals surface area (Å²) >= 11 is 3.10. The van der Waals surface area contributed by atoms with Crippen molar-refractivity contribution >= 4 is 39.5 Å². The van der Waals surface area contributed by atoms with Crippen molar-refractivity contribution in [2.75, 3.05) is 5.75 Å². The number of fused-ring (bicyclic) bond motifs is 1. The number of aliphatic imine (C=N–C) groups is 1. The third kappa shape index (κ3) is 3.47. The third-order valence-corrected chi connectivity index (χ3v) is 6.15. The van der Waals surface area contributed by atoms with Crippen molar-refractivity contribution in [3.05, 3.63) is 29.8 Å². The number of carbonyl (C=O) groups excluding carboxylic acids is 1. The summed E-state index contributed by atoms with van der Waals surface area (Å²) in [7, 11) is 0. The van der Waals surface area contributed by atoms with E-state index in [-0.39, 0.29) is 5.91 Å². The van der Waals surface area contributed by atoms with E-state index < -0.39 is 5.54 Å². The smallest absolute Gasteiger partial charge is 0.231 e. The average molecular weight is 331 g/mol. The first kappa shape index (κ1) is 15.4. The van der Waals surface area contributed by atoms with E-state index in [0.717, 1.165) is 28.7 Å². The van der Waals surface area contributed by atoms with Gasteiger partial charge in [0.05, 0.1) is 17.5 Å². The van der Waals surface area contributed by atoms with E-state index in [0.29, 0.717) is 11.7 Å². The van der Waals surface area contributed by atoms with Crippen molar-refractivity contribution in [2.45, 2.75) is 31.1 Å². The van der Waals surface area contributed by atoms with E-state index in [4.69, 9.17) is 0 Å². The number of hydrogen-bond donors (Lipinski definition) is 1. The Morgan fingerprint density at radius 1 is 1.55 bits per heavy atom. The number of nitrogens with zero attached hydrogens (tertiary/aromatic N) is 2. The Kier molecular flexibility index (Phi) is 4.46. The molecule has 1 amide bonds. The van der Waals surface area contributed by atoms with Crippen molar-refractivity contribution in [1.82, 2.24) is 5.32 Å². The van der Waals surface area contributed by atoms with Crippen LogP contribution in [0, 0.1) is 17.2 Å². The molecule has 1 aliphatic carbocycles. The van der Waals surface area contributed by atoms with E-state index in [1.54, 1.807) is 11.8 Å². The van der Waals surface area contributed by atoms with Gasteiger partial charge in [0, 0.05) is 5.75 Å². The normalized spacial score (nSPS) is 19.4. The zero-order valence-electron chi connectivity index (χ0n) is 12.3. The second kappa shape index (κ2) is 6.35. The van der Waals surface area contributed by atoms with Crippen molar-refractivity contribution in [2.24, 2.45) is 10.9 Å². The second-order valence-electron chi connectivity index (χ2n) is 5.72. The summed E-state index contributed by atoms with van der Waals surface area (Å²) in [4.78, 5) is 16.7. The van der Waals surface area contributed by atoms with Crippen LogP contribution in [0.1, 0.15) is 25.3 Å². The Hall–Kier alpha value is -1.45. The molecule has 6 heteroatoms. The lowest BCUT2D eigenvalue weighted by atomic mass is 9.98. The number of hydrogen-bond acceptors (Lipinski definition) is 5. The highest BCUT2D eigenvalue weighted by atomic mass is 32.2. The molecule has 1 heterocycles. The molecule has 1 saturated carbocycles. The fourth-order valence-corrected chi connectivity index (χ4v) is 4.28. The molecule has 1 aromatic carbocycles. The molecule has 0 aromatic heterocycles. The second-order valence-corrected chi connectivity index (χ2v) is 7.91. The molecule has 3 rings (SSSR count). The number of rotatable bonds is 4. The fraction of sp³-hybridized carbons (Fsp3) is 0.438. The number of thioether (sulfide) groups is 2. The predicted octanol–water partition coefficient (Wildman–Crippen LogP) is 3.46. The summed E-state index contributed by atoms with van der Waals surface area (Å²) in [6.45, 7) is 1.82. The van der Waals surface area contributed by atoms with Gasteiger partial charge in [0.1, 0.15) is 9.91 Å². The molecule has 1 atom stereocenters. The minimum Gasteiger partial charge on any atom is -0.337 e. The Balaban J connectivity index is 1.56. The maximum atomic E-state index is 12.1. The van der Waals surface area contributed by atoms with E-state index in [2.05, 4.69) is 22.4 Å². The standard InChI is InChI=1S/C16H17N3OS2/c1-16(10-17,12-6-7-12)19-14(20)9-22-15-18-13-5-3-2-4-11(13)8-21-15/h2-5,12H,6-9H2,1H3,(H,19,20). The maximum absolute atomic E-state index is 12.1. The van der Waals surface area contributed by atoms with Crippen LogP contribution in [0.25, 0.3) is 0 Å². The number of para-hydroxylation sites is 1. The third-order valence-electron chi connectivity index (χ3n) is 3.91. The number of nitrogens with one attached hydrogen (secondary N) is 1.